The topological polar surface area (TPSA) is 103 Å². The lowest BCUT2D eigenvalue weighted by Crippen LogP contribution is -2.37. The number of imidazole rings is 1. The van der Waals surface area contributed by atoms with Crippen LogP contribution in [-0.4, -0.2) is 37.7 Å². The van der Waals surface area contributed by atoms with Crippen LogP contribution >= 0.6 is 23.2 Å². The van der Waals surface area contributed by atoms with E-state index in [1.165, 1.54) is 11.6 Å². The van der Waals surface area contributed by atoms with Crippen LogP contribution < -0.4 is 21.9 Å². The highest BCUT2D eigenvalue weighted by molar-refractivity contribution is 6.35. The molecule has 0 aliphatic heterocycles. The van der Waals surface area contributed by atoms with Gasteiger partial charge in [0.1, 0.15) is 0 Å². The molecule has 9 nitrogen and oxygen atoms in total. The van der Waals surface area contributed by atoms with E-state index in [1.54, 1.807) is 29.8 Å². The molecule has 0 radical (unpaired) electrons. The van der Waals surface area contributed by atoms with Crippen LogP contribution in [0.5, 0.6) is 0 Å². The predicted molar refractivity (Wildman–Crippen MR) is 127 cm³/mol. The zero-order valence-electron chi connectivity index (χ0n) is 18.2. The number of carbonyl (C=O) groups is 1. The molecule has 11 heteroatoms. The van der Waals surface area contributed by atoms with Crippen molar-refractivity contribution in [2.75, 3.05) is 18.4 Å². The fraction of sp³-hybridized carbons (Fsp3) is 0.429. The number of hydrogen-bond acceptors (Lipinski definition) is 5. The number of hydrogen-bond donors (Lipinski definition) is 2. The Kier molecular flexibility index (Phi) is 7.63. The van der Waals surface area contributed by atoms with E-state index in [0.717, 1.165) is 23.0 Å². The maximum Gasteiger partial charge on any atom is 0.332 e. The van der Waals surface area contributed by atoms with E-state index < -0.39 is 11.2 Å². The molecule has 1 aromatic carbocycles. The summed E-state index contributed by atoms with van der Waals surface area (Å²) in [6.45, 7) is 3.06. The Hall–Kier alpha value is -2.78. The molecular weight excluding hydrogens is 455 g/mol. The van der Waals surface area contributed by atoms with Gasteiger partial charge in [0.15, 0.2) is 11.2 Å². The first-order valence-corrected chi connectivity index (χ1v) is 11.1. The second-order valence-electron chi connectivity index (χ2n) is 7.52. The van der Waals surface area contributed by atoms with Gasteiger partial charge in [-0.3, -0.25) is 23.3 Å². The molecule has 3 rings (SSSR count). The number of benzene rings is 1. The predicted octanol–water partition coefficient (Wildman–Crippen LogP) is 2.51. The van der Waals surface area contributed by atoms with E-state index in [1.807, 2.05) is 6.92 Å². The van der Waals surface area contributed by atoms with Crippen LogP contribution in [0.25, 0.3) is 11.2 Å². The standard InChI is InChI=1S/C21H26Cl2N6O3/c1-4-5-6-16(30)24-9-10-25-20-26-18-17(19(31)28(3)21(32)27(18)2)29(20)12-13-7-8-14(22)11-15(13)23/h7-8,11H,4-6,9-10,12H2,1-3H3,(H,24,30)(H,25,26). The molecule has 3 aromatic rings. The molecule has 32 heavy (non-hydrogen) atoms. The number of amides is 1. The van der Waals surface area contributed by atoms with Gasteiger partial charge in [0.25, 0.3) is 5.56 Å². The highest BCUT2D eigenvalue weighted by Gasteiger charge is 2.20. The summed E-state index contributed by atoms with van der Waals surface area (Å²) in [6.07, 6.45) is 2.28. The lowest BCUT2D eigenvalue weighted by Gasteiger charge is -2.12. The van der Waals surface area contributed by atoms with Crippen molar-refractivity contribution in [3.05, 3.63) is 54.6 Å². The minimum Gasteiger partial charge on any atom is -0.354 e. The number of nitrogens with zero attached hydrogens (tertiary/aromatic N) is 4. The smallest absolute Gasteiger partial charge is 0.332 e. The van der Waals surface area contributed by atoms with Crippen molar-refractivity contribution < 1.29 is 4.79 Å². The summed E-state index contributed by atoms with van der Waals surface area (Å²) in [6, 6.07) is 5.12. The second-order valence-corrected chi connectivity index (χ2v) is 8.36. The van der Waals surface area contributed by atoms with E-state index in [9.17, 15) is 14.4 Å². The van der Waals surface area contributed by atoms with Crippen LogP contribution in [0.15, 0.2) is 27.8 Å². The number of aromatic nitrogens is 4. The van der Waals surface area contributed by atoms with Crippen LogP contribution in [-0.2, 0) is 25.4 Å². The molecule has 0 saturated carbocycles. The van der Waals surface area contributed by atoms with Crippen molar-refractivity contribution in [1.82, 2.24) is 24.0 Å². The van der Waals surface area contributed by atoms with E-state index in [-0.39, 0.29) is 23.6 Å². The zero-order chi connectivity index (χ0) is 23.4. The fourth-order valence-corrected chi connectivity index (χ4v) is 3.83. The van der Waals surface area contributed by atoms with Crippen molar-refractivity contribution in [2.24, 2.45) is 14.1 Å². The number of anilines is 1. The van der Waals surface area contributed by atoms with Crippen molar-refractivity contribution in [3.63, 3.8) is 0 Å². The Balaban J connectivity index is 1.96. The molecule has 0 fully saturated rings. The third-order valence-electron chi connectivity index (χ3n) is 5.18. The van der Waals surface area contributed by atoms with Gasteiger partial charge in [-0.1, -0.05) is 42.6 Å². The van der Waals surface area contributed by atoms with Crippen LogP contribution in [0.3, 0.4) is 0 Å². The van der Waals surface area contributed by atoms with Crippen molar-refractivity contribution in [3.8, 4) is 0 Å². The quantitative estimate of drug-likeness (QED) is 0.458. The monoisotopic (exact) mass is 480 g/mol. The van der Waals surface area contributed by atoms with E-state index in [2.05, 4.69) is 15.6 Å². The Morgan fingerprint density at radius 3 is 2.56 bits per heavy atom. The normalized spacial score (nSPS) is 11.2. The largest absolute Gasteiger partial charge is 0.354 e. The molecule has 0 atom stereocenters. The minimum atomic E-state index is -0.466. The summed E-state index contributed by atoms with van der Waals surface area (Å²) in [5.74, 6) is 0.387. The maximum absolute atomic E-state index is 12.9. The zero-order valence-corrected chi connectivity index (χ0v) is 19.8. The SMILES string of the molecule is CCCCC(=O)NCCNc1nc2c(c(=O)n(C)c(=O)n2C)n1Cc1ccc(Cl)cc1Cl. The molecule has 2 heterocycles. The third kappa shape index (κ3) is 4.99. The summed E-state index contributed by atoms with van der Waals surface area (Å²) in [5, 5.41) is 6.97. The average molecular weight is 481 g/mol. The Morgan fingerprint density at radius 1 is 1.12 bits per heavy atom. The first-order chi connectivity index (χ1) is 15.2. The van der Waals surface area contributed by atoms with E-state index >= 15 is 0 Å². The Bertz CT molecular complexity index is 1260. The molecule has 2 N–H and O–H groups in total. The molecule has 0 saturated heterocycles. The van der Waals surface area contributed by atoms with Gasteiger partial charge in [0.2, 0.25) is 11.9 Å². The molecule has 2 aromatic heterocycles. The second kappa shape index (κ2) is 10.2. The molecule has 0 aliphatic carbocycles. The van der Waals surface area contributed by atoms with Gasteiger partial charge in [-0.05, 0) is 24.1 Å². The van der Waals surface area contributed by atoms with Gasteiger partial charge in [-0.15, -0.1) is 0 Å². The number of carbonyl (C=O) groups excluding carboxylic acids is 1. The van der Waals surface area contributed by atoms with E-state index in [0.29, 0.717) is 35.5 Å². The Morgan fingerprint density at radius 2 is 1.88 bits per heavy atom. The summed E-state index contributed by atoms with van der Waals surface area (Å²) >= 11 is 12.4. The highest BCUT2D eigenvalue weighted by atomic mass is 35.5. The number of fused-ring (bicyclic) bond motifs is 1. The van der Waals surface area contributed by atoms with Gasteiger partial charge in [0, 0.05) is 43.7 Å². The van der Waals surface area contributed by atoms with Crippen LogP contribution in [0.2, 0.25) is 10.0 Å². The van der Waals surface area contributed by atoms with Gasteiger partial charge in [-0.2, -0.15) is 4.98 Å². The minimum absolute atomic E-state index is 0.00800. The average Bonchev–Trinajstić information content (AvgIpc) is 3.12. The van der Waals surface area contributed by atoms with Gasteiger partial charge >= 0.3 is 5.69 Å². The van der Waals surface area contributed by atoms with Crippen LogP contribution in [0, 0.1) is 0 Å². The summed E-state index contributed by atoms with van der Waals surface area (Å²) in [5.41, 5.74) is 0.350. The first-order valence-electron chi connectivity index (χ1n) is 10.3. The third-order valence-corrected chi connectivity index (χ3v) is 5.77. The molecule has 0 spiro atoms. The van der Waals surface area contributed by atoms with Crippen molar-refractivity contribution in [1.29, 1.82) is 0 Å². The van der Waals surface area contributed by atoms with Gasteiger partial charge in [-0.25, -0.2) is 4.79 Å². The number of halogens is 2. The summed E-state index contributed by atoms with van der Waals surface area (Å²) < 4.78 is 4.06. The van der Waals surface area contributed by atoms with Crippen molar-refractivity contribution in [2.45, 2.75) is 32.7 Å². The van der Waals surface area contributed by atoms with Crippen LogP contribution in [0.1, 0.15) is 31.7 Å². The first kappa shape index (κ1) is 23.9. The summed E-state index contributed by atoms with van der Waals surface area (Å²) in [4.78, 5) is 41.6. The van der Waals surface area contributed by atoms with E-state index in [4.69, 9.17) is 23.2 Å². The number of unbranched alkanes of at least 4 members (excludes halogenated alkanes) is 1. The number of nitrogens with one attached hydrogen (secondary N) is 2. The molecule has 0 aliphatic rings. The molecular formula is C21H26Cl2N6O3. The lowest BCUT2D eigenvalue weighted by atomic mass is 10.2. The van der Waals surface area contributed by atoms with Crippen molar-refractivity contribution >= 4 is 46.2 Å². The van der Waals surface area contributed by atoms with Gasteiger partial charge < -0.3 is 10.6 Å². The number of rotatable bonds is 9. The lowest BCUT2D eigenvalue weighted by molar-refractivity contribution is -0.121. The maximum atomic E-state index is 12.9. The molecule has 0 unspecified atom stereocenters. The van der Waals surface area contributed by atoms with Crippen LogP contribution in [0.4, 0.5) is 5.95 Å². The molecule has 1 amide bonds. The Labute approximate surface area is 195 Å². The fourth-order valence-electron chi connectivity index (χ4n) is 3.36. The molecule has 0 bridgehead atoms. The summed E-state index contributed by atoms with van der Waals surface area (Å²) in [7, 11) is 2.99. The highest BCUT2D eigenvalue weighted by Crippen LogP contribution is 2.24. The number of aryl methyl sites for hydroxylation is 1. The molecule has 172 valence electrons. The van der Waals surface area contributed by atoms with Gasteiger partial charge in [0.05, 0.1) is 6.54 Å².